The molecule has 0 fully saturated rings. The number of esters is 1. The molecule has 2 aliphatic rings. The molecular formula is C27H25N3O6S. The lowest BCUT2D eigenvalue weighted by Crippen LogP contribution is -2.40. The van der Waals surface area contributed by atoms with Gasteiger partial charge in [0.25, 0.3) is 11.5 Å². The summed E-state index contributed by atoms with van der Waals surface area (Å²) in [5, 5.41) is 0. The van der Waals surface area contributed by atoms with Crippen LogP contribution in [-0.2, 0) is 14.3 Å². The van der Waals surface area contributed by atoms with E-state index in [0.717, 1.165) is 17.0 Å². The molecule has 1 atom stereocenters. The van der Waals surface area contributed by atoms with Crippen LogP contribution in [0, 0.1) is 0 Å². The number of benzene rings is 2. The van der Waals surface area contributed by atoms with E-state index in [1.807, 2.05) is 31.2 Å². The molecule has 0 N–H and O–H groups in total. The number of anilines is 1. The van der Waals surface area contributed by atoms with Crippen molar-refractivity contribution in [1.82, 2.24) is 4.57 Å². The number of para-hydroxylation sites is 1. The fourth-order valence-electron chi connectivity index (χ4n) is 4.89. The Balaban J connectivity index is 1.84. The summed E-state index contributed by atoms with van der Waals surface area (Å²) in [6, 6.07) is 11.8. The molecule has 5 rings (SSSR count). The van der Waals surface area contributed by atoms with Gasteiger partial charge in [0, 0.05) is 12.1 Å². The fraction of sp³-hybridized carbons (Fsp3) is 0.259. The van der Waals surface area contributed by atoms with Crippen LogP contribution in [0.25, 0.3) is 5.57 Å². The van der Waals surface area contributed by atoms with Crippen LogP contribution in [0.5, 0.6) is 11.5 Å². The summed E-state index contributed by atoms with van der Waals surface area (Å²) >= 11 is 1.14. The van der Waals surface area contributed by atoms with E-state index in [0.29, 0.717) is 45.2 Å². The summed E-state index contributed by atoms with van der Waals surface area (Å²) in [5.41, 5.74) is 2.66. The third-order valence-electron chi connectivity index (χ3n) is 6.59. The summed E-state index contributed by atoms with van der Waals surface area (Å²) in [4.78, 5) is 47.1. The van der Waals surface area contributed by atoms with Crippen LogP contribution in [0.1, 0.15) is 31.0 Å². The minimum Gasteiger partial charge on any atom is -0.493 e. The smallest absolute Gasteiger partial charge is 0.338 e. The molecule has 0 saturated heterocycles. The number of rotatable bonds is 5. The van der Waals surface area contributed by atoms with Crippen LogP contribution >= 0.6 is 11.3 Å². The highest BCUT2D eigenvalue weighted by molar-refractivity contribution is 7.07. The summed E-state index contributed by atoms with van der Waals surface area (Å²) in [6.45, 7) is 4.06. The van der Waals surface area contributed by atoms with Crippen LogP contribution in [0.15, 0.2) is 63.5 Å². The first-order valence-electron chi connectivity index (χ1n) is 11.6. The first-order valence-corrected chi connectivity index (χ1v) is 12.4. The highest BCUT2D eigenvalue weighted by Crippen LogP contribution is 2.37. The van der Waals surface area contributed by atoms with Gasteiger partial charge in [-0.1, -0.05) is 35.6 Å². The van der Waals surface area contributed by atoms with Gasteiger partial charge in [0.05, 0.1) is 49.9 Å². The van der Waals surface area contributed by atoms with Crippen molar-refractivity contribution in [3.8, 4) is 11.5 Å². The monoisotopic (exact) mass is 519 g/mol. The Morgan fingerprint density at radius 1 is 1.05 bits per heavy atom. The van der Waals surface area contributed by atoms with Crippen molar-refractivity contribution < 1.29 is 23.8 Å². The van der Waals surface area contributed by atoms with Gasteiger partial charge >= 0.3 is 5.97 Å². The van der Waals surface area contributed by atoms with Crippen LogP contribution in [0.2, 0.25) is 0 Å². The number of methoxy groups -OCH3 is 3. The number of ether oxygens (including phenoxy) is 3. The number of amides is 1. The lowest BCUT2D eigenvalue weighted by atomic mass is 9.95. The predicted octanol–water partition coefficient (Wildman–Crippen LogP) is 2.16. The van der Waals surface area contributed by atoms with Crippen molar-refractivity contribution in [3.63, 3.8) is 0 Å². The average molecular weight is 520 g/mol. The van der Waals surface area contributed by atoms with Crippen molar-refractivity contribution >= 4 is 34.5 Å². The van der Waals surface area contributed by atoms with Gasteiger partial charge in [0.2, 0.25) is 0 Å². The fourth-order valence-corrected chi connectivity index (χ4v) is 6.03. The van der Waals surface area contributed by atoms with Gasteiger partial charge in [-0.15, -0.1) is 0 Å². The van der Waals surface area contributed by atoms with E-state index in [1.54, 1.807) is 30.0 Å². The second-order valence-electron chi connectivity index (χ2n) is 8.45. The van der Waals surface area contributed by atoms with E-state index in [1.165, 1.54) is 25.9 Å². The topological polar surface area (TPSA) is 99.4 Å². The Morgan fingerprint density at radius 2 is 1.78 bits per heavy atom. The summed E-state index contributed by atoms with van der Waals surface area (Å²) in [6.07, 6.45) is 0. The third-order valence-corrected chi connectivity index (χ3v) is 7.65. The minimum absolute atomic E-state index is 0.229. The average Bonchev–Trinajstić information content (AvgIpc) is 3.38. The van der Waals surface area contributed by atoms with Gasteiger partial charge in [0.15, 0.2) is 16.3 Å². The van der Waals surface area contributed by atoms with E-state index in [4.69, 9.17) is 14.2 Å². The number of allylic oxidation sites excluding steroid dienone is 1. The van der Waals surface area contributed by atoms with Crippen molar-refractivity contribution in [2.75, 3.05) is 32.8 Å². The van der Waals surface area contributed by atoms with Crippen LogP contribution < -0.4 is 29.3 Å². The Hall–Kier alpha value is -4.18. The number of nitrogens with zero attached hydrogens (tertiary/aromatic N) is 3. The lowest BCUT2D eigenvalue weighted by Gasteiger charge is -2.25. The molecule has 2 aliphatic heterocycles. The number of carbonyl (C=O) groups is 2. The molecule has 1 amide bonds. The highest BCUT2D eigenvalue weighted by atomic mass is 32.1. The second-order valence-corrected chi connectivity index (χ2v) is 9.43. The Labute approximate surface area is 216 Å². The molecular weight excluding hydrogens is 494 g/mol. The van der Waals surface area contributed by atoms with E-state index in [-0.39, 0.29) is 16.0 Å². The van der Waals surface area contributed by atoms with E-state index in [2.05, 4.69) is 4.99 Å². The molecule has 2 aromatic carbocycles. The van der Waals surface area contributed by atoms with Crippen molar-refractivity contribution in [3.05, 3.63) is 84.5 Å². The normalized spacial score (nSPS) is 17.8. The van der Waals surface area contributed by atoms with Crippen molar-refractivity contribution in [2.45, 2.75) is 19.9 Å². The Kier molecular flexibility index (Phi) is 6.20. The minimum atomic E-state index is -0.841. The molecule has 37 heavy (non-hydrogen) atoms. The van der Waals surface area contributed by atoms with Crippen molar-refractivity contribution in [2.24, 2.45) is 4.99 Å². The molecule has 0 saturated carbocycles. The number of thiazole rings is 1. The van der Waals surface area contributed by atoms with Crippen LogP contribution in [0.3, 0.4) is 0 Å². The van der Waals surface area contributed by atoms with Crippen LogP contribution in [-0.4, -0.2) is 44.3 Å². The van der Waals surface area contributed by atoms with Gasteiger partial charge in [-0.25, -0.2) is 9.79 Å². The van der Waals surface area contributed by atoms with E-state index >= 15 is 0 Å². The van der Waals surface area contributed by atoms with Gasteiger partial charge < -0.3 is 19.1 Å². The first-order chi connectivity index (χ1) is 17.9. The zero-order chi connectivity index (χ0) is 26.4. The Morgan fingerprint density at radius 3 is 2.46 bits per heavy atom. The summed E-state index contributed by atoms with van der Waals surface area (Å²) in [7, 11) is 4.33. The molecule has 1 aromatic heterocycles. The molecule has 10 heteroatoms. The van der Waals surface area contributed by atoms with Gasteiger partial charge in [0.1, 0.15) is 4.53 Å². The maximum atomic E-state index is 14.1. The molecule has 0 aliphatic carbocycles. The number of aromatic nitrogens is 1. The molecule has 3 heterocycles. The Bertz CT molecular complexity index is 1670. The zero-order valence-electron chi connectivity index (χ0n) is 21.0. The number of hydrogen-bond acceptors (Lipinski definition) is 8. The zero-order valence-corrected chi connectivity index (χ0v) is 21.8. The summed E-state index contributed by atoms with van der Waals surface area (Å²) in [5.74, 6) is 0.121. The molecule has 0 radical (unpaired) electrons. The number of carbonyl (C=O) groups excluding carboxylic acids is 2. The molecule has 190 valence electrons. The number of hydrogen-bond donors (Lipinski definition) is 0. The standard InChI is InChI=1S/C27H25N3O6S/c1-6-29-17-10-8-7-9-16(17)21(24(29)31)23-25(32)30-22(15-11-12-18(34-3)19(13-15)35-4)20(26(33)36-5)14(2)28-27(30)37-23/h7-13,22H,6H2,1-5H3. The lowest BCUT2D eigenvalue weighted by molar-refractivity contribution is -0.136. The van der Waals surface area contributed by atoms with Gasteiger partial charge in [-0.05, 0) is 37.6 Å². The van der Waals surface area contributed by atoms with E-state index < -0.39 is 17.6 Å². The van der Waals surface area contributed by atoms with Crippen LogP contribution in [0.4, 0.5) is 5.69 Å². The molecule has 0 spiro atoms. The SMILES string of the molecule is CCN1C(=O)C(=c2sc3n(c2=O)C(c2ccc(OC)c(OC)c2)C(C(=O)OC)=C(C)N=3)c2ccccc21. The maximum Gasteiger partial charge on any atom is 0.338 e. The quantitative estimate of drug-likeness (QED) is 0.479. The van der Waals surface area contributed by atoms with Gasteiger partial charge in [-0.3, -0.25) is 14.2 Å². The maximum absolute atomic E-state index is 14.1. The molecule has 9 nitrogen and oxygen atoms in total. The van der Waals surface area contributed by atoms with E-state index in [9.17, 15) is 14.4 Å². The predicted molar refractivity (Wildman–Crippen MR) is 139 cm³/mol. The molecule has 0 bridgehead atoms. The largest absolute Gasteiger partial charge is 0.493 e. The highest BCUT2D eigenvalue weighted by Gasteiger charge is 2.37. The number of likely N-dealkylation sites (N-methyl/N-ethyl adjacent to an activating group) is 1. The molecule has 1 unspecified atom stereocenters. The third kappa shape index (κ3) is 3.67. The summed E-state index contributed by atoms with van der Waals surface area (Å²) < 4.78 is 17.7. The van der Waals surface area contributed by atoms with Gasteiger partial charge in [-0.2, -0.15) is 0 Å². The first kappa shape index (κ1) is 24.5. The number of fused-ring (bicyclic) bond motifs is 2. The van der Waals surface area contributed by atoms with Crippen molar-refractivity contribution in [1.29, 1.82) is 0 Å². The second kappa shape index (κ2) is 9.36. The molecule has 3 aromatic rings.